The highest BCUT2D eigenvalue weighted by atomic mass is 16.2. The van der Waals surface area contributed by atoms with Crippen LogP contribution in [0.25, 0.3) is 10.9 Å². The Morgan fingerprint density at radius 2 is 2.05 bits per heavy atom. The first-order valence-electron chi connectivity index (χ1n) is 6.46. The molecule has 0 aliphatic rings. The number of fused-ring (bicyclic) bond motifs is 1. The van der Waals surface area contributed by atoms with Crippen LogP contribution in [0.2, 0.25) is 0 Å². The van der Waals surface area contributed by atoms with Gasteiger partial charge in [0.05, 0.1) is 11.1 Å². The number of nitrogens with one attached hydrogen (secondary N) is 2. The zero-order valence-corrected chi connectivity index (χ0v) is 11.5. The second-order valence-electron chi connectivity index (χ2n) is 4.67. The van der Waals surface area contributed by atoms with Gasteiger partial charge in [-0.2, -0.15) is 0 Å². The molecule has 2 amide bonds. The molecule has 2 aromatic rings. The number of hydrogen-bond acceptors (Lipinski definition) is 3. The van der Waals surface area contributed by atoms with E-state index in [4.69, 9.17) is 0 Å². The molecule has 1 unspecified atom stereocenters. The van der Waals surface area contributed by atoms with Crippen molar-refractivity contribution in [3.63, 3.8) is 0 Å². The molecule has 104 valence electrons. The average molecular weight is 271 g/mol. The van der Waals surface area contributed by atoms with Gasteiger partial charge in [-0.1, -0.05) is 18.2 Å². The lowest BCUT2D eigenvalue weighted by molar-refractivity contribution is -0.120. The van der Waals surface area contributed by atoms with Crippen LogP contribution in [0.15, 0.2) is 36.5 Å². The van der Waals surface area contributed by atoms with Crippen molar-refractivity contribution < 1.29 is 9.59 Å². The highest BCUT2D eigenvalue weighted by molar-refractivity contribution is 5.97. The summed E-state index contributed by atoms with van der Waals surface area (Å²) in [7, 11) is 1.57. The number of aromatic nitrogens is 1. The van der Waals surface area contributed by atoms with E-state index >= 15 is 0 Å². The van der Waals surface area contributed by atoms with E-state index in [0.29, 0.717) is 5.56 Å². The van der Waals surface area contributed by atoms with E-state index in [9.17, 15) is 9.59 Å². The Hall–Kier alpha value is -2.43. The summed E-state index contributed by atoms with van der Waals surface area (Å²) in [6.07, 6.45) is 1.80. The third-order valence-electron chi connectivity index (χ3n) is 3.00. The van der Waals surface area contributed by atoms with Gasteiger partial charge in [0.2, 0.25) is 5.91 Å². The minimum atomic E-state index is -0.228. The first-order chi connectivity index (χ1) is 9.60. The van der Waals surface area contributed by atoms with Gasteiger partial charge in [-0.25, -0.2) is 0 Å². The lowest BCUT2D eigenvalue weighted by Gasteiger charge is -2.13. The smallest absolute Gasteiger partial charge is 0.253 e. The van der Waals surface area contributed by atoms with Crippen molar-refractivity contribution in [1.29, 1.82) is 0 Å². The van der Waals surface area contributed by atoms with E-state index in [2.05, 4.69) is 15.6 Å². The highest BCUT2D eigenvalue weighted by Crippen LogP contribution is 2.12. The monoisotopic (exact) mass is 271 g/mol. The minimum absolute atomic E-state index is 0.102. The Morgan fingerprint density at radius 1 is 1.30 bits per heavy atom. The molecule has 0 aliphatic carbocycles. The molecule has 2 rings (SSSR count). The average Bonchev–Trinajstić information content (AvgIpc) is 2.46. The van der Waals surface area contributed by atoms with E-state index in [-0.39, 0.29) is 24.3 Å². The lowest BCUT2D eigenvalue weighted by Crippen LogP contribution is -2.36. The van der Waals surface area contributed by atoms with Gasteiger partial charge in [0.15, 0.2) is 0 Å². The molecular formula is C15H17N3O2. The number of nitrogens with zero attached hydrogens (tertiary/aromatic N) is 1. The molecule has 1 atom stereocenters. The predicted octanol–water partition coefficient (Wildman–Crippen LogP) is 1.49. The first-order valence-corrected chi connectivity index (χ1v) is 6.46. The molecule has 0 spiro atoms. The van der Waals surface area contributed by atoms with Crippen LogP contribution in [-0.4, -0.2) is 29.9 Å². The Morgan fingerprint density at radius 3 is 2.80 bits per heavy atom. The van der Waals surface area contributed by atoms with Crippen LogP contribution in [-0.2, 0) is 4.79 Å². The molecule has 1 aromatic carbocycles. The van der Waals surface area contributed by atoms with Gasteiger partial charge in [0.25, 0.3) is 5.91 Å². The molecule has 2 N–H and O–H groups in total. The second kappa shape index (κ2) is 6.14. The fraction of sp³-hybridized carbons (Fsp3) is 0.267. The number of amides is 2. The minimum Gasteiger partial charge on any atom is -0.359 e. The van der Waals surface area contributed by atoms with Crippen LogP contribution in [0.3, 0.4) is 0 Å². The van der Waals surface area contributed by atoms with Crippen molar-refractivity contribution in [2.75, 3.05) is 7.05 Å². The third kappa shape index (κ3) is 3.32. The number of carbonyl (C=O) groups excluding carboxylic acids is 2. The largest absolute Gasteiger partial charge is 0.359 e. The van der Waals surface area contributed by atoms with Crippen LogP contribution in [0.5, 0.6) is 0 Å². The van der Waals surface area contributed by atoms with Gasteiger partial charge >= 0.3 is 0 Å². The summed E-state index contributed by atoms with van der Waals surface area (Å²) in [6.45, 7) is 1.79. The van der Waals surface area contributed by atoms with E-state index in [1.165, 1.54) is 0 Å². The molecule has 0 saturated carbocycles. The van der Waals surface area contributed by atoms with Gasteiger partial charge in [-0.3, -0.25) is 14.6 Å². The molecule has 0 fully saturated rings. The maximum atomic E-state index is 12.1. The zero-order chi connectivity index (χ0) is 14.5. The summed E-state index contributed by atoms with van der Waals surface area (Å²) in [6, 6.07) is 9.18. The standard InChI is InChI=1S/C15H17N3O2/c1-10(7-14(19)16-2)18-15(20)12-8-11-5-3-4-6-13(11)17-9-12/h3-6,8-10H,7H2,1-2H3,(H,16,19)(H,18,20). The molecule has 0 aliphatic heterocycles. The zero-order valence-electron chi connectivity index (χ0n) is 11.5. The molecule has 0 bridgehead atoms. The number of benzene rings is 1. The molecule has 1 heterocycles. The SMILES string of the molecule is CNC(=O)CC(C)NC(=O)c1cnc2ccccc2c1. The van der Waals surface area contributed by atoms with Crippen molar-refractivity contribution in [1.82, 2.24) is 15.6 Å². The lowest BCUT2D eigenvalue weighted by atomic mass is 10.1. The summed E-state index contributed by atoms with van der Waals surface area (Å²) < 4.78 is 0. The normalized spacial score (nSPS) is 11.9. The highest BCUT2D eigenvalue weighted by Gasteiger charge is 2.13. The van der Waals surface area contributed by atoms with E-state index in [1.54, 1.807) is 26.2 Å². The van der Waals surface area contributed by atoms with Crippen molar-refractivity contribution in [3.05, 3.63) is 42.1 Å². The third-order valence-corrected chi connectivity index (χ3v) is 3.00. The van der Waals surface area contributed by atoms with Crippen LogP contribution < -0.4 is 10.6 Å². The molecule has 5 heteroatoms. The number of carbonyl (C=O) groups is 2. The summed E-state index contributed by atoms with van der Waals surface area (Å²) >= 11 is 0. The second-order valence-corrected chi connectivity index (χ2v) is 4.67. The molecule has 20 heavy (non-hydrogen) atoms. The Labute approximate surface area is 117 Å². The van der Waals surface area contributed by atoms with Crippen LogP contribution >= 0.6 is 0 Å². The van der Waals surface area contributed by atoms with E-state index in [1.807, 2.05) is 24.3 Å². The fourth-order valence-electron chi connectivity index (χ4n) is 1.93. The summed E-state index contributed by atoms with van der Waals surface area (Å²) in [5.74, 6) is -0.325. The molecule has 1 aromatic heterocycles. The van der Waals surface area contributed by atoms with Crippen molar-refractivity contribution in [3.8, 4) is 0 Å². The first kappa shape index (κ1) is 14.0. The number of hydrogen-bond donors (Lipinski definition) is 2. The molecule has 0 radical (unpaired) electrons. The molecular weight excluding hydrogens is 254 g/mol. The van der Waals surface area contributed by atoms with E-state index in [0.717, 1.165) is 10.9 Å². The Kier molecular flexibility index (Phi) is 4.30. The maximum absolute atomic E-state index is 12.1. The number of pyridine rings is 1. The van der Waals surface area contributed by atoms with Crippen LogP contribution in [0.1, 0.15) is 23.7 Å². The summed E-state index contributed by atoms with van der Waals surface area (Å²) in [4.78, 5) is 27.6. The van der Waals surface area contributed by atoms with Crippen molar-refractivity contribution in [2.24, 2.45) is 0 Å². The Balaban J connectivity index is 2.09. The van der Waals surface area contributed by atoms with Gasteiger partial charge in [0.1, 0.15) is 0 Å². The molecule has 0 saturated heterocycles. The van der Waals surface area contributed by atoms with Gasteiger partial charge < -0.3 is 10.6 Å². The maximum Gasteiger partial charge on any atom is 0.253 e. The quantitative estimate of drug-likeness (QED) is 0.885. The van der Waals surface area contributed by atoms with Crippen LogP contribution in [0, 0.1) is 0 Å². The Bertz CT molecular complexity index is 640. The van der Waals surface area contributed by atoms with Crippen LogP contribution in [0.4, 0.5) is 0 Å². The van der Waals surface area contributed by atoms with Gasteiger partial charge in [0, 0.05) is 31.1 Å². The molecule has 5 nitrogen and oxygen atoms in total. The number of para-hydroxylation sites is 1. The number of rotatable bonds is 4. The predicted molar refractivity (Wildman–Crippen MR) is 77.4 cm³/mol. The summed E-state index contributed by atoms with van der Waals surface area (Å²) in [5, 5.41) is 6.23. The van der Waals surface area contributed by atoms with Crippen molar-refractivity contribution in [2.45, 2.75) is 19.4 Å². The fourth-order valence-corrected chi connectivity index (χ4v) is 1.93. The summed E-state index contributed by atoms with van der Waals surface area (Å²) in [5.41, 5.74) is 1.34. The topological polar surface area (TPSA) is 71.1 Å². The van der Waals surface area contributed by atoms with Gasteiger partial charge in [-0.05, 0) is 19.1 Å². The van der Waals surface area contributed by atoms with E-state index < -0.39 is 0 Å². The van der Waals surface area contributed by atoms with Crippen molar-refractivity contribution >= 4 is 22.7 Å². The van der Waals surface area contributed by atoms with Gasteiger partial charge in [-0.15, -0.1) is 0 Å².